The monoisotopic (exact) mass is 753 g/mol. The SMILES string of the molecule is c1ccc2cc(-c3ccc(N(c4ccc(-c5cccc6c5oc5ccccc56)cc4)c4ccc(-c5ccc6oc7ccccc7c6c5)c5ccccc45)cc3)ccc2c1. The molecule has 12 aromatic rings. The largest absolute Gasteiger partial charge is 0.456 e. The quantitative estimate of drug-likeness (QED) is 0.169. The average Bonchev–Trinajstić information content (AvgIpc) is 3.88. The predicted molar refractivity (Wildman–Crippen MR) is 247 cm³/mol. The first-order valence-electron chi connectivity index (χ1n) is 20.1. The second-order valence-electron chi connectivity index (χ2n) is 15.3. The van der Waals surface area contributed by atoms with Crippen LogP contribution in [0.5, 0.6) is 0 Å². The van der Waals surface area contributed by atoms with E-state index in [0.29, 0.717) is 0 Å². The van der Waals surface area contributed by atoms with Crippen molar-refractivity contribution in [1.82, 2.24) is 0 Å². The van der Waals surface area contributed by atoms with Crippen molar-refractivity contribution in [2.24, 2.45) is 0 Å². The van der Waals surface area contributed by atoms with E-state index < -0.39 is 0 Å². The van der Waals surface area contributed by atoms with Crippen molar-refractivity contribution in [1.29, 1.82) is 0 Å². The van der Waals surface area contributed by atoms with Gasteiger partial charge in [-0.2, -0.15) is 0 Å². The maximum atomic E-state index is 6.45. The standard InChI is InChI=1S/C56H35NO2/c1-2-11-39-34-40(21-20-36(39)10-1)37-22-27-42(28-23-37)57(43-29-24-38(25-30-43)45-16-9-17-50-48-14-5-8-19-54(48)59-56(45)50)52-32-31-44(46-12-3-4-13-47(46)52)41-26-33-55-51(35-41)49-15-6-7-18-53(49)58-55/h1-35H. The molecule has 0 aliphatic rings. The fraction of sp³-hybridized carbons (Fsp3) is 0. The molecule has 0 unspecified atom stereocenters. The van der Waals surface area contributed by atoms with Crippen LogP contribution in [-0.2, 0) is 0 Å². The van der Waals surface area contributed by atoms with Gasteiger partial charge in [0.15, 0.2) is 0 Å². The first-order chi connectivity index (χ1) is 29.2. The van der Waals surface area contributed by atoms with Crippen LogP contribution in [0.3, 0.4) is 0 Å². The molecule has 3 heteroatoms. The molecule has 0 atom stereocenters. The summed E-state index contributed by atoms with van der Waals surface area (Å²) < 4.78 is 12.6. The molecule has 3 nitrogen and oxygen atoms in total. The summed E-state index contributed by atoms with van der Waals surface area (Å²) in [6.45, 7) is 0. The minimum absolute atomic E-state index is 0.897. The van der Waals surface area contributed by atoms with Gasteiger partial charge in [-0.1, -0.05) is 152 Å². The number of para-hydroxylation sites is 3. The van der Waals surface area contributed by atoms with E-state index in [1.165, 1.54) is 32.8 Å². The van der Waals surface area contributed by atoms with E-state index >= 15 is 0 Å². The fourth-order valence-electron chi connectivity index (χ4n) is 8.99. The number of hydrogen-bond acceptors (Lipinski definition) is 3. The lowest BCUT2D eigenvalue weighted by atomic mass is 9.95. The van der Waals surface area contributed by atoms with Gasteiger partial charge in [-0.05, 0) is 105 Å². The number of fused-ring (bicyclic) bond motifs is 8. The Kier molecular flexibility index (Phi) is 7.54. The topological polar surface area (TPSA) is 29.5 Å². The summed E-state index contributed by atoms with van der Waals surface area (Å²) in [5, 5.41) is 9.34. The summed E-state index contributed by atoms with van der Waals surface area (Å²) in [6, 6.07) is 75.9. The van der Waals surface area contributed by atoms with Crippen LogP contribution in [0.4, 0.5) is 17.1 Å². The summed E-state index contributed by atoms with van der Waals surface area (Å²) in [7, 11) is 0. The number of hydrogen-bond donors (Lipinski definition) is 0. The maximum absolute atomic E-state index is 6.45. The van der Waals surface area contributed by atoms with Gasteiger partial charge in [-0.3, -0.25) is 0 Å². The number of furan rings is 2. The number of anilines is 3. The summed E-state index contributed by atoms with van der Waals surface area (Å²) in [5.41, 5.74) is 13.7. The van der Waals surface area contributed by atoms with Gasteiger partial charge >= 0.3 is 0 Å². The van der Waals surface area contributed by atoms with E-state index in [0.717, 1.165) is 83.0 Å². The third kappa shape index (κ3) is 5.51. The molecule has 0 saturated carbocycles. The van der Waals surface area contributed by atoms with Gasteiger partial charge in [-0.25, -0.2) is 0 Å². The van der Waals surface area contributed by atoms with Crippen molar-refractivity contribution in [2.75, 3.05) is 4.90 Å². The normalized spacial score (nSPS) is 11.7. The van der Waals surface area contributed by atoms with E-state index in [1.807, 2.05) is 24.3 Å². The lowest BCUT2D eigenvalue weighted by molar-refractivity contribution is 0.669. The molecule has 12 rings (SSSR count). The van der Waals surface area contributed by atoms with Gasteiger partial charge in [0, 0.05) is 43.9 Å². The Balaban J connectivity index is 1.00. The zero-order valence-electron chi connectivity index (χ0n) is 32.0. The zero-order valence-corrected chi connectivity index (χ0v) is 32.0. The third-order valence-electron chi connectivity index (χ3n) is 11.9. The maximum Gasteiger partial charge on any atom is 0.143 e. The predicted octanol–water partition coefficient (Wildman–Crippen LogP) is 16.3. The van der Waals surface area contributed by atoms with Crippen LogP contribution in [0.25, 0.3) is 98.8 Å². The molecule has 0 bridgehead atoms. The lowest BCUT2D eigenvalue weighted by Gasteiger charge is -2.28. The Labute approximate surface area is 340 Å². The molecule has 10 aromatic carbocycles. The summed E-state index contributed by atoms with van der Waals surface area (Å²) in [4.78, 5) is 2.38. The van der Waals surface area contributed by atoms with Crippen molar-refractivity contribution in [2.45, 2.75) is 0 Å². The molecule has 0 saturated heterocycles. The van der Waals surface area contributed by atoms with Crippen LogP contribution in [0, 0.1) is 0 Å². The third-order valence-corrected chi connectivity index (χ3v) is 11.9. The molecule has 0 amide bonds. The fourth-order valence-corrected chi connectivity index (χ4v) is 8.99. The Morgan fingerprint density at radius 3 is 1.64 bits per heavy atom. The molecule has 0 N–H and O–H groups in total. The minimum Gasteiger partial charge on any atom is -0.456 e. The van der Waals surface area contributed by atoms with E-state index in [1.54, 1.807) is 0 Å². The summed E-state index contributed by atoms with van der Waals surface area (Å²) in [6.07, 6.45) is 0. The first kappa shape index (κ1) is 33.3. The van der Waals surface area contributed by atoms with E-state index in [-0.39, 0.29) is 0 Å². The van der Waals surface area contributed by atoms with Crippen molar-refractivity contribution in [3.8, 4) is 33.4 Å². The second-order valence-corrected chi connectivity index (χ2v) is 15.3. The molecule has 0 radical (unpaired) electrons. The first-order valence-corrected chi connectivity index (χ1v) is 20.1. The van der Waals surface area contributed by atoms with Crippen molar-refractivity contribution < 1.29 is 8.83 Å². The van der Waals surface area contributed by atoms with Crippen LogP contribution in [0.2, 0.25) is 0 Å². The van der Waals surface area contributed by atoms with E-state index in [4.69, 9.17) is 8.83 Å². The lowest BCUT2D eigenvalue weighted by Crippen LogP contribution is -2.10. The highest BCUT2D eigenvalue weighted by molar-refractivity contribution is 6.11. The zero-order chi connectivity index (χ0) is 38.9. The van der Waals surface area contributed by atoms with Gasteiger partial charge in [0.1, 0.15) is 22.3 Å². The molecular weight excluding hydrogens is 719 g/mol. The molecule has 276 valence electrons. The Hall–Kier alpha value is -7.88. The molecule has 0 fully saturated rings. The second kappa shape index (κ2) is 13.4. The molecule has 0 aliphatic heterocycles. The molecule has 0 spiro atoms. The number of nitrogens with zero attached hydrogens (tertiary/aromatic N) is 1. The van der Waals surface area contributed by atoms with Gasteiger partial charge in [0.2, 0.25) is 0 Å². The van der Waals surface area contributed by atoms with Gasteiger partial charge < -0.3 is 13.7 Å². The van der Waals surface area contributed by atoms with Crippen LogP contribution in [0.1, 0.15) is 0 Å². The smallest absolute Gasteiger partial charge is 0.143 e. The van der Waals surface area contributed by atoms with E-state index in [2.05, 4.69) is 193 Å². The number of rotatable bonds is 6. The van der Waals surface area contributed by atoms with Crippen molar-refractivity contribution in [3.05, 3.63) is 212 Å². The average molecular weight is 754 g/mol. The van der Waals surface area contributed by atoms with E-state index in [9.17, 15) is 0 Å². The highest BCUT2D eigenvalue weighted by atomic mass is 16.3. The van der Waals surface area contributed by atoms with Crippen LogP contribution < -0.4 is 4.90 Å². The Morgan fingerprint density at radius 1 is 0.288 bits per heavy atom. The van der Waals surface area contributed by atoms with Crippen LogP contribution in [0.15, 0.2) is 221 Å². The van der Waals surface area contributed by atoms with Gasteiger partial charge in [0.05, 0.1) is 5.69 Å². The molecule has 2 aromatic heterocycles. The molecule has 2 heterocycles. The van der Waals surface area contributed by atoms with Gasteiger partial charge in [-0.15, -0.1) is 0 Å². The van der Waals surface area contributed by atoms with Crippen molar-refractivity contribution in [3.63, 3.8) is 0 Å². The summed E-state index contributed by atoms with van der Waals surface area (Å²) in [5.74, 6) is 0. The summed E-state index contributed by atoms with van der Waals surface area (Å²) >= 11 is 0. The minimum atomic E-state index is 0.897. The Morgan fingerprint density at radius 2 is 0.864 bits per heavy atom. The highest BCUT2D eigenvalue weighted by Gasteiger charge is 2.19. The van der Waals surface area contributed by atoms with Crippen LogP contribution in [-0.4, -0.2) is 0 Å². The van der Waals surface area contributed by atoms with Crippen molar-refractivity contribution >= 4 is 82.5 Å². The Bertz CT molecular complexity index is 3550. The molecule has 59 heavy (non-hydrogen) atoms. The number of benzene rings is 10. The molecular formula is C56H35NO2. The highest BCUT2D eigenvalue weighted by Crippen LogP contribution is 2.44. The van der Waals surface area contributed by atoms with Gasteiger partial charge in [0.25, 0.3) is 0 Å². The van der Waals surface area contributed by atoms with Crippen LogP contribution >= 0.6 is 0 Å². The molecule has 0 aliphatic carbocycles.